The van der Waals surface area contributed by atoms with Crippen LogP contribution in [0.1, 0.15) is 19.8 Å². The highest BCUT2D eigenvalue weighted by Gasteiger charge is 2.48. The Hall–Kier alpha value is -0.0800. The summed E-state index contributed by atoms with van der Waals surface area (Å²) in [6.07, 6.45) is 2.72. The molecule has 2 rings (SSSR count). The largest absolute Gasteiger partial charge is 0.301 e. The van der Waals surface area contributed by atoms with Crippen molar-refractivity contribution in [3.05, 3.63) is 0 Å². The second-order valence-electron chi connectivity index (χ2n) is 4.31. The summed E-state index contributed by atoms with van der Waals surface area (Å²) in [4.78, 5) is 5.05. The molecule has 1 unspecified atom stereocenters. The molecule has 0 radical (unpaired) electrons. The molecule has 2 saturated heterocycles. The highest BCUT2D eigenvalue weighted by Crippen LogP contribution is 2.38. The first kappa shape index (κ1) is 7.56. The molecule has 2 atom stereocenters. The zero-order valence-corrected chi connectivity index (χ0v) is 7.80. The fourth-order valence-corrected chi connectivity index (χ4v) is 2.75. The maximum Gasteiger partial charge on any atom is 0.0346 e. The summed E-state index contributed by atoms with van der Waals surface area (Å²) < 4.78 is 0. The van der Waals surface area contributed by atoms with E-state index in [4.69, 9.17) is 0 Å². The SMILES string of the molecule is CN1CC[C@]2(C)C1CCN2C. The Morgan fingerprint density at radius 1 is 1.27 bits per heavy atom. The Kier molecular flexibility index (Phi) is 1.52. The van der Waals surface area contributed by atoms with Crippen LogP contribution in [0.3, 0.4) is 0 Å². The number of hydrogen-bond acceptors (Lipinski definition) is 2. The quantitative estimate of drug-likeness (QED) is 0.509. The van der Waals surface area contributed by atoms with Crippen LogP contribution in [0.4, 0.5) is 0 Å². The van der Waals surface area contributed by atoms with Gasteiger partial charge in [-0.05, 0) is 40.4 Å². The number of likely N-dealkylation sites (tertiary alicyclic amines) is 2. The minimum absolute atomic E-state index is 0.495. The van der Waals surface area contributed by atoms with Crippen LogP contribution in [0.15, 0.2) is 0 Å². The van der Waals surface area contributed by atoms with E-state index in [-0.39, 0.29) is 0 Å². The maximum absolute atomic E-state index is 2.53. The molecule has 0 aromatic heterocycles. The molecular formula is C9H18N2. The first-order valence-corrected chi connectivity index (χ1v) is 4.56. The van der Waals surface area contributed by atoms with E-state index < -0.39 is 0 Å². The molecule has 0 spiro atoms. The average molecular weight is 154 g/mol. The van der Waals surface area contributed by atoms with Gasteiger partial charge in [0.2, 0.25) is 0 Å². The lowest BCUT2D eigenvalue weighted by Crippen LogP contribution is -2.44. The Morgan fingerprint density at radius 2 is 2.00 bits per heavy atom. The van der Waals surface area contributed by atoms with E-state index in [1.165, 1.54) is 25.9 Å². The van der Waals surface area contributed by atoms with Gasteiger partial charge in [0, 0.05) is 18.1 Å². The minimum atomic E-state index is 0.495. The molecule has 0 bridgehead atoms. The topological polar surface area (TPSA) is 6.48 Å². The fourth-order valence-electron chi connectivity index (χ4n) is 2.75. The molecule has 2 heteroatoms. The molecule has 0 aromatic rings. The van der Waals surface area contributed by atoms with Crippen molar-refractivity contribution in [1.29, 1.82) is 0 Å². The first-order valence-electron chi connectivity index (χ1n) is 4.56. The van der Waals surface area contributed by atoms with Crippen molar-refractivity contribution in [1.82, 2.24) is 9.80 Å². The van der Waals surface area contributed by atoms with Crippen molar-refractivity contribution in [2.75, 3.05) is 27.2 Å². The van der Waals surface area contributed by atoms with Crippen molar-refractivity contribution in [3.8, 4) is 0 Å². The van der Waals surface area contributed by atoms with Crippen molar-refractivity contribution in [2.24, 2.45) is 0 Å². The third-order valence-corrected chi connectivity index (χ3v) is 3.83. The number of nitrogens with zero attached hydrogens (tertiary/aromatic N) is 2. The number of likely N-dealkylation sites (N-methyl/N-ethyl adjacent to an activating group) is 2. The van der Waals surface area contributed by atoms with Crippen molar-refractivity contribution < 1.29 is 0 Å². The molecule has 0 aliphatic carbocycles. The highest BCUT2D eigenvalue weighted by molar-refractivity contribution is 5.06. The van der Waals surface area contributed by atoms with Crippen LogP contribution in [0.25, 0.3) is 0 Å². The molecule has 2 nitrogen and oxygen atoms in total. The summed E-state index contributed by atoms with van der Waals surface area (Å²) in [5.41, 5.74) is 0.495. The van der Waals surface area contributed by atoms with E-state index >= 15 is 0 Å². The fraction of sp³-hybridized carbons (Fsp3) is 1.00. The van der Waals surface area contributed by atoms with E-state index in [9.17, 15) is 0 Å². The molecule has 2 aliphatic rings. The highest BCUT2D eigenvalue weighted by atomic mass is 15.3. The summed E-state index contributed by atoms with van der Waals surface area (Å²) in [5.74, 6) is 0. The van der Waals surface area contributed by atoms with Crippen LogP contribution >= 0.6 is 0 Å². The zero-order chi connectivity index (χ0) is 8.06. The lowest BCUT2D eigenvalue weighted by molar-refractivity contribution is 0.173. The van der Waals surface area contributed by atoms with Crippen molar-refractivity contribution >= 4 is 0 Å². The van der Waals surface area contributed by atoms with Gasteiger partial charge in [0.15, 0.2) is 0 Å². The molecule has 0 aromatic carbocycles. The maximum atomic E-state index is 2.53. The van der Waals surface area contributed by atoms with Gasteiger partial charge in [0.25, 0.3) is 0 Å². The molecule has 11 heavy (non-hydrogen) atoms. The van der Waals surface area contributed by atoms with Gasteiger partial charge in [-0.3, -0.25) is 4.90 Å². The van der Waals surface area contributed by atoms with Gasteiger partial charge in [0.05, 0.1) is 0 Å². The zero-order valence-electron chi connectivity index (χ0n) is 7.80. The van der Waals surface area contributed by atoms with Gasteiger partial charge in [-0.2, -0.15) is 0 Å². The molecule has 2 aliphatic heterocycles. The third kappa shape index (κ3) is 0.859. The summed E-state index contributed by atoms with van der Waals surface area (Å²) >= 11 is 0. The number of rotatable bonds is 0. The van der Waals surface area contributed by atoms with E-state index in [0.717, 1.165) is 6.04 Å². The van der Waals surface area contributed by atoms with Gasteiger partial charge in [-0.25, -0.2) is 0 Å². The van der Waals surface area contributed by atoms with E-state index in [2.05, 4.69) is 30.8 Å². The second kappa shape index (κ2) is 2.20. The van der Waals surface area contributed by atoms with Crippen LogP contribution in [-0.2, 0) is 0 Å². The van der Waals surface area contributed by atoms with Gasteiger partial charge in [-0.1, -0.05) is 0 Å². The Morgan fingerprint density at radius 3 is 2.64 bits per heavy atom. The molecule has 0 amide bonds. The van der Waals surface area contributed by atoms with E-state index in [0.29, 0.717) is 5.54 Å². The summed E-state index contributed by atoms with van der Waals surface area (Å²) in [6, 6.07) is 0.826. The van der Waals surface area contributed by atoms with Crippen LogP contribution < -0.4 is 0 Å². The minimum Gasteiger partial charge on any atom is -0.301 e. The van der Waals surface area contributed by atoms with E-state index in [1.807, 2.05) is 0 Å². The van der Waals surface area contributed by atoms with Gasteiger partial charge < -0.3 is 4.90 Å². The smallest absolute Gasteiger partial charge is 0.0346 e. The van der Waals surface area contributed by atoms with Crippen LogP contribution in [-0.4, -0.2) is 48.6 Å². The molecular weight excluding hydrogens is 136 g/mol. The number of hydrogen-bond donors (Lipinski definition) is 0. The molecule has 0 N–H and O–H groups in total. The standard InChI is InChI=1S/C9H18N2/c1-9-5-7-10(2)8(9)4-6-11(9)3/h8H,4-7H2,1-3H3/t8?,9-/m1/s1. The monoisotopic (exact) mass is 154 g/mol. The van der Waals surface area contributed by atoms with Gasteiger partial charge >= 0.3 is 0 Å². The van der Waals surface area contributed by atoms with Crippen LogP contribution in [0.2, 0.25) is 0 Å². The lowest BCUT2D eigenvalue weighted by atomic mass is 9.94. The molecule has 0 saturated carbocycles. The summed E-state index contributed by atoms with van der Waals surface area (Å²) in [6.45, 7) is 4.98. The normalized spacial score (nSPS) is 46.6. The Balaban J connectivity index is 2.23. The first-order chi connectivity index (χ1) is 5.14. The van der Waals surface area contributed by atoms with Crippen molar-refractivity contribution in [2.45, 2.75) is 31.3 Å². The summed E-state index contributed by atoms with van der Waals surface area (Å²) in [5, 5.41) is 0. The van der Waals surface area contributed by atoms with Crippen molar-refractivity contribution in [3.63, 3.8) is 0 Å². The average Bonchev–Trinajstić information content (AvgIpc) is 2.39. The Bertz CT molecular complexity index is 169. The Labute approximate surface area is 69.2 Å². The number of fused-ring (bicyclic) bond motifs is 1. The second-order valence-corrected chi connectivity index (χ2v) is 4.31. The lowest BCUT2D eigenvalue weighted by Gasteiger charge is -2.32. The molecule has 2 heterocycles. The van der Waals surface area contributed by atoms with E-state index in [1.54, 1.807) is 0 Å². The molecule has 2 fully saturated rings. The van der Waals surface area contributed by atoms with Gasteiger partial charge in [0.1, 0.15) is 0 Å². The third-order valence-electron chi connectivity index (χ3n) is 3.83. The van der Waals surface area contributed by atoms with Crippen LogP contribution in [0.5, 0.6) is 0 Å². The van der Waals surface area contributed by atoms with Crippen LogP contribution in [0, 0.1) is 0 Å². The van der Waals surface area contributed by atoms with Gasteiger partial charge in [-0.15, -0.1) is 0 Å². The summed E-state index contributed by atoms with van der Waals surface area (Å²) in [7, 11) is 4.52. The predicted molar refractivity (Wildman–Crippen MR) is 46.7 cm³/mol. The molecule has 64 valence electrons. The predicted octanol–water partition coefficient (Wildman–Crippen LogP) is 0.785.